The van der Waals surface area contributed by atoms with Crippen molar-refractivity contribution in [2.75, 3.05) is 0 Å². The van der Waals surface area contributed by atoms with Gasteiger partial charge in [-0.25, -0.2) is 0 Å². The van der Waals surface area contributed by atoms with Crippen molar-refractivity contribution in [3.63, 3.8) is 0 Å². The summed E-state index contributed by atoms with van der Waals surface area (Å²) in [5, 5.41) is 11.8. The van der Waals surface area contributed by atoms with Gasteiger partial charge in [-0.2, -0.15) is 0 Å². The van der Waals surface area contributed by atoms with E-state index in [-0.39, 0.29) is 5.76 Å². The predicted octanol–water partition coefficient (Wildman–Crippen LogP) is 3.13. The maximum Gasteiger partial charge on any atom is 0.433 e. The van der Waals surface area contributed by atoms with Gasteiger partial charge in [0.05, 0.1) is 20.7 Å². The molecule has 2 amide bonds. The van der Waals surface area contributed by atoms with Crippen molar-refractivity contribution < 1.29 is 18.9 Å². The standard InChI is InChI=1S/C14H8ClN3O5S/c15-8-3-1-2-7-6-10(24-12(7)8)14(20)17-16-13(19)9-4-5-11(23-9)18(21)22/h1-6H,(H,16,19)(H,17,20). The molecule has 2 aromatic heterocycles. The number of thiophene rings is 1. The number of hydrazine groups is 1. The maximum atomic E-state index is 12.1. The molecule has 1 aromatic carbocycles. The number of nitro groups is 1. The molecule has 0 saturated carbocycles. The number of furan rings is 1. The van der Waals surface area contributed by atoms with E-state index in [1.54, 1.807) is 18.2 Å². The van der Waals surface area contributed by atoms with Crippen LogP contribution in [0.25, 0.3) is 10.1 Å². The molecule has 0 aliphatic carbocycles. The lowest BCUT2D eigenvalue weighted by Gasteiger charge is -2.03. The highest BCUT2D eigenvalue weighted by molar-refractivity contribution is 7.21. The summed E-state index contributed by atoms with van der Waals surface area (Å²) < 4.78 is 5.49. The molecule has 122 valence electrons. The molecular formula is C14H8ClN3O5S. The molecule has 24 heavy (non-hydrogen) atoms. The Morgan fingerprint density at radius 3 is 2.58 bits per heavy atom. The van der Waals surface area contributed by atoms with Crippen LogP contribution < -0.4 is 10.9 Å². The quantitative estimate of drug-likeness (QED) is 0.546. The molecule has 0 aliphatic heterocycles. The summed E-state index contributed by atoms with van der Waals surface area (Å²) in [6.45, 7) is 0. The SMILES string of the molecule is O=C(NNC(=O)c1cc2cccc(Cl)c2s1)c1ccc([N+](=O)[O-])o1. The minimum absolute atomic E-state index is 0.290. The molecule has 0 spiro atoms. The topological polar surface area (TPSA) is 114 Å². The molecule has 0 bridgehead atoms. The zero-order valence-electron chi connectivity index (χ0n) is 11.7. The molecule has 3 rings (SSSR count). The van der Waals surface area contributed by atoms with Crippen LogP contribution in [0.3, 0.4) is 0 Å². The molecular weight excluding hydrogens is 358 g/mol. The molecule has 0 fully saturated rings. The van der Waals surface area contributed by atoms with Crippen molar-refractivity contribution in [1.82, 2.24) is 10.9 Å². The number of amides is 2. The van der Waals surface area contributed by atoms with Gasteiger partial charge in [-0.1, -0.05) is 23.7 Å². The molecule has 0 saturated heterocycles. The van der Waals surface area contributed by atoms with Crippen LogP contribution in [0.4, 0.5) is 5.88 Å². The highest BCUT2D eigenvalue weighted by atomic mass is 35.5. The Hall–Kier alpha value is -2.91. The second-order valence-corrected chi connectivity index (χ2v) is 6.03. The number of hydrogen-bond donors (Lipinski definition) is 2. The number of benzene rings is 1. The lowest BCUT2D eigenvalue weighted by atomic mass is 10.2. The second kappa shape index (κ2) is 6.30. The summed E-state index contributed by atoms with van der Waals surface area (Å²) >= 11 is 7.23. The third-order valence-corrected chi connectivity index (χ3v) is 4.61. The largest absolute Gasteiger partial charge is 0.433 e. The minimum atomic E-state index is -0.810. The van der Waals surface area contributed by atoms with E-state index in [0.717, 1.165) is 22.2 Å². The lowest BCUT2D eigenvalue weighted by Crippen LogP contribution is -2.41. The highest BCUT2D eigenvalue weighted by Gasteiger charge is 2.18. The van der Waals surface area contributed by atoms with E-state index < -0.39 is 22.6 Å². The van der Waals surface area contributed by atoms with Gasteiger partial charge < -0.3 is 4.42 Å². The fourth-order valence-corrected chi connectivity index (χ4v) is 3.18. The predicted molar refractivity (Wildman–Crippen MR) is 87.1 cm³/mol. The van der Waals surface area contributed by atoms with Gasteiger partial charge in [0.1, 0.15) is 4.92 Å². The first-order valence-corrected chi connectivity index (χ1v) is 7.68. The van der Waals surface area contributed by atoms with Crippen molar-refractivity contribution in [1.29, 1.82) is 0 Å². The van der Waals surface area contributed by atoms with Gasteiger partial charge in [0.25, 0.3) is 5.91 Å². The summed E-state index contributed by atoms with van der Waals surface area (Å²) in [5.41, 5.74) is 4.34. The van der Waals surface area contributed by atoms with E-state index in [4.69, 9.17) is 16.0 Å². The van der Waals surface area contributed by atoms with Crippen molar-refractivity contribution in [3.8, 4) is 0 Å². The number of nitrogens with one attached hydrogen (secondary N) is 2. The number of halogens is 1. The molecule has 2 N–H and O–H groups in total. The zero-order chi connectivity index (χ0) is 17.3. The van der Waals surface area contributed by atoms with Crippen LogP contribution in [0.15, 0.2) is 40.8 Å². The number of hydrogen-bond acceptors (Lipinski definition) is 6. The van der Waals surface area contributed by atoms with Crippen LogP contribution in [0, 0.1) is 10.1 Å². The third-order valence-electron chi connectivity index (χ3n) is 3.00. The Bertz CT molecular complexity index is 964. The fourth-order valence-electron chi connectivity index (χ4n) is 1.92. The smallest absolute Gasteiger partial charge is 0.395 e. The van der Waals surface area contributed by atoms with Crippen LogP contribution in [0.5, 0.6) is 0 Å². The van der Waals surface area contributed by atoms with Crippen LogP contribution in [0.2, 0.25) is 5.02 Å². The summed E-state index contributed by atoms with van der Waals surface area (Å²) in [7, 11) is 0. The molecule has 2 heterocycles. The Kier molecular flexibility index (Phi) is 4.19. The van der Waals surface area contributed by atoms with E-state index in [9.17, 15) is 19.7 Å². The van der Waals surface area contributed by atoms with E-state index in [2.05, 4.69) is 10.9 Å². The third kappa shape index (κ3) is 3.07. The molecule has 3 aromatic rings. The highest BCUT2D eigenvalue weighted by Crippen LogP contribution is 2.31. The van der Waals surface area contributed by atoms with Crippen molar-refractivity contribution >= 4 is 50.7 Å². The number of carbonyl (C=O) groups excluding carboxylic acids is 2. The van der Waals surface area contributed by atoms with E-state index >= 15 is 0 Å². The van der Waals surface area contributed by atoms with E-state index in [1.807, 2.05) is 6.07 Å². The van der Waals surface area contributed by atoms with Gasteiger partial charge >= 0.3 is 11.8 Å². The maximum absolute atomic E-state index is 12.1. The van der Waals surface area contributed by atoms with Gasteiger partial charge in [0.2, 0.25) is 5.76 Å². The monoisotopic (exact) mass is 365 g/mol. The molecule has 0 unspecified atom stereocenters. The van der Waals surface area contributed by atoms with E-state index in [0.29, 0.717) is 9.90 Å². The van der Waals surface area contributed by atoms with Gasteiger partial charge in [-0.05, 0) is 23.6 Å². The molecule has 0 atom stereocenters. The Morgan fingerprint density at radius 2 is 1.92 bits per heavy atom. The Balaban J connectivity index is 1.68. The van der Waals surface area contributed by atoms with Crippen molar-refractivity contribution in [2.24, 2.45) is 0 Å². The van der Waals surface area contributed by atoms with Crippen LogP contribution >= 0.6 is 22.9 Å². The van der Waals surface area contributed by atoms with Crippen molar-refractivity contribution in [2.45, 2.75) is 0 Å². The number of nitrogens with zero attached hydrogens (tertiary/aromatic N) is 1. The van der Waals surface area contributed by atoms with Gasteiger partial charge in [-0.15, -0.1) is 11.3 Å². The average molecular weight is 366 g/mol. The average Bonchev–Trinajstić information content (AvgIpc) is 3.19. The molecule has 0 aliphatic rings. The summed E-state index contributed by atoms with van der Waals surface area (Å²) in [5.74, 6) is -2.20. The number of fused-ring (bicyclic) bond motifs is 1. The lowest BCUT2D eigenvalue weighted by molar-refractivity contribution is -0.402. The summed E-state index contributed by atoms with van der Waals surface area (Å²) in [6.07, 6.45) is 0. The first-order chi connectivity index (χ1) is 11.5. The Morgan fingerprint density at radius 1 is 1.17 bits per heavy atom. The molecule has 0 radical (unpaired) electrons. The first-order valence-electron chi connectivity index (χ1n) is 6.48. The Labute approximate surface area is 143 Å². The fraction of sp³-hybridized carbons (Fsp3) is 0. The minimum Gasteiger partial charge on any atom is -0.395 e. The van der Waals surface area contributed by atoms with Gasteiger partial charge in [0, 0.05) is 0 Å². The van der Waals surface area contributed by atoms with Crippen molar-refractivity contribution in [3.05, 3.63) is 62.2 Å². The first kappa shape index (κ1) is 16.0. The summed E-state index contributed by atoms with van der Waals surface area (Å²) in [4.78, 5) is 33.9. The second-order valence-electron chi connectivity index (χ2n) is 4.57. The van der Waals surface area contributed by atoms with Gasteiger partial charge in [-0.3, -0.25) is 30.6 Å². The van der Waals surface area contributed by atoms with Crippen LogP contribution in [-0.2, 0) is 0 Å². The van der Waals surface area contributed by atoms with E-state index in [1.165, 1.54) is 11.3 Å². The van der Waals surface area contributed by atoms with Gasteiger partial charge in [0.15, 0.2) is 0 Å². The number of carbonyl (C=O) groups is 2. The normalized spacial score (nSPS) is 10.5. The number of rotatable bonds is 3. The van der Waals surface area contributed by atoms with Crippen LogP contribution in [-0.4, -0.2) is 16.7 Å². The molecule has 10 heteroatoms. The summed E-state index contributed by atoms with van der Waals surface area (Å²) in [6, 6.07) is 9.13. The molecule has 8 nitrogen and oxygen atoms in total. The van der Waals surface area contributed by atoms with Crippen LogP contribution in [0.1, 0.15) is 20.2 Å². The zero-order valence-corrected chi connectivity index (χ0v) is 13.3.